The van der Waals surface area contributed by atoms with E-state index in [-0.39, 0.29) is 44.0 Å². The second kappa shape index (κ2) is 55.7. The molecule has 68 heavy (non-hydrogen) atoms. The van der Waals surface area contributed by atoms with E-state index in [2.05, 4.69) is 124 Å². The highest BCUT2D eigenvalue weighted by molar-refractivity contribution is 5.71. The maximum atomic E-state index is 12.8. The van der Waals surface area contributed by atoms with E-state index in [1.807, 2.05) is 6.08 Å². The second-order valence-corrected chi connectivity index (χ2v) is 18.2. The van der Waals surface area contributed by atoms with Crippen LogP contribution in [0.1, 0.15) is 245 Å². The second-order valence-electron chi connectivity index (χ2n) is 18.2. The number of hydrogen-bond donors (Lipinski definition) is 0. The van der Waals surface area contributed by atoms with Crippen LogP contribution in [0.3, 0.4) is 0 Å². The van der Waals surface area contributed by atoms with Crippen LogP contribution in [0.2, 0.25) is 0 Å². The van der Waals surface area contributed by atoms with Crippen molar-refractivity contribution in [3.63, 3.8) is 0 Å². The predicted octanol–water partition coefficient (Wildman–Crippen LogP) is 18.7. The average Bonchev–Trinajstić information content (AvgIpc) is 3.34. The van der Waals surface area contributed by atoms with E-state index in [9.17, 15) is 14.4 Å². The summed E-state index contributed by atoms with van der Waals surface area (Å²) in [5, 5.41) is 0. The Morgan fingerprint density at radius 1 is 0.324 bits per heavy atom. The van der Waals surface area contributed by atoms with Gasteiger partial charge in [0.25, 0.3) is 0 Å². The quantitative estimate of drug-likeness (QED) is 0.0199. The van der Waals surface area contributed by atoms with Crippen LogP contribution in [0, 0.1) is 0 Å². The van der Waals surface area contributed by atoms with Crippen molar-refractivity contribution in [3.05, 3.63) is 109 Å². The van der Waals surface area contributed by atoms with Crippen LogP contribution in [0.15, 0.2) is 109 Å². The minimum atomic E-state index is -0.817. The maximum Gasteiger partial charge on any atom is 0.306 e. The van der Waals surface area contributed by atoms with Crippen LogP contribution in [0.25, 0.3) is 0 Å². The number of allylic oxidation sites excluding steroid dienone is 18. The molecule has 0 saturated heterocycles. The Bertz CT molecular complexity index is 1410. The maximum absolute atomic E-state index is 12.8. The van der Waals surface area contributed by atoms with Crippen LogP contribution in [-0.4, -0.2) is 37.2 Å². The molecule has 6 nitrogen and oxygen atoms in total. The summed E-state index contributed by atoms with van der Waals surface area (Å²) in [4.78, 5) is 38.1. The molecule has 0 saturated carbocycles. The predicted molar refractivity (Wildman–Crippen MR) is 293 cm³/mol. The van der Waals surface area contributed by atoms with E-state index >= 15 is 0 Å². The van der Waals surface area contributed by atoms with Crippen molar-refractivity contribution in [2.24, 2.45) is 0 Å². The van der Waals surface area contributed by atoms with E-state index in [4.69, 9.17) is 14.2 Å². The Morgan fingerprint density at radius 3 is 1.15 bits per heavy atom. The Kier molecular flexibility index (Phi) is 52.4. The van der Waals surface area contributed by atoms with Gasteiger partial charge < -0.3 is 14.2 Å². The molecule has 0 aromatic carbocycles. The average molecular weight is 943 g/mol. The molecule has 1 atom stereocenters. The van der Waals surface area contributed by atoms with Crippen molar-refractivity contribution in [1.29, 1.82) is 0 Å². The highest BCUT2D eigenvalue weighted by Crippen LogP contribution is 2.14. The molecule has 0 aliphatic carbocycles. The summed E-state index contributed by atoms with van der Waals surface area (Å²) in [5.74, 6) is -1.01. The zero-order valence-corrected chi connectivity index (χ0v) is 44.1. The summed E-state index contributed by atoms with van der Waals surface area (Å²) >= 11 is 0. The fraction of sp³-hybridized carbons (Fsp3) is 0.661. The number of unbranched alkanes of at least 4 members (excludes halogenated alkanes) is 23. The van der Waals surface area contributed by atoms with Crippen molar-refractivity contribution < 1.29 is 28.6 Å². The van der Waals surface area contributed by atoms with Gasteiger partial charge in [-0.25, -0.2) is 0 Å². The van der Waals surface area contributed by atoms with Gasteiger partial charge in [0.05, 0.1) is 0 Å². The third-order valence-corrected chi connectivity index (χ3v) is 11.6. The molecule has 0 heterocycles. The standard InChI is InChI=1S/C62H102O6/c1-4-7-10-13-16-19-22-25-27-29-31-33-34-37-40-43-46-49-52-55-61(64)67-58-59(57-66-60(63)54-51-48-45-42-39-36-24-21-18-15-12-9-6-3)68-62(65)56-53-50-47-44-41-38-35-32-30-28-26-23-20-17-14-11-8-5-2/h7,10,16-17,19-20,23,25-28,30,32,35-36,39,45,48,59H,4-6,8-9,11-15,18,21-22,24,29,31,33-34,37-38,40-44,46-47,49-58H2,1-3H3/b10-7-,19-16-,20-17-,26-23-,27-25-,30-28-,35-32-,39-36-,48-45-. The fourth-order valence-corrected chi connectivity index (χ4v) is 7.40. The molecule has 0 bridgehead atoms. The summed E-state index contributed by atoms with van der Waals surface area (Å²) in [6.07, 6.45) is 75.1. The molecule has 0 fully saturated rings. The summed E-state index contributed by atoms with van der Waals surface area (Å²) in [6, 6.07) is 0. The lowest BCUT2D eigenvalue weighted by molar-refractivity contribution is -0.166. The fourth-order valence-electron chi connectivity index (χ4n) is 7.40. The molecule has 0 aliphatic rings. The van der Waals surface area contributed by atoms with Gasteiger partial charge in [-0.1, -0.05) is 239 Å². The molecule has 6 heteroatoms. The van der Waals surface area contributed by atoms with Crippen molar-refractivity contribution in [3.8, 4) is 0 Å². The summed E-state index contributed by atoms with van der Waals surface area (Å²) in [5.41, 5.74) is 0. The van der Waals surface area contributed by atoms with E-state index in [1.165, 1.54) is 96.3 Å². The van der Waals surface area contributed by atoms with Gasteiger partial charge in [0.2, 0.25) is 0 Å². The number of rotatable bonds is 49. The van der Waals surface area contributed by atoms with Crippen molar-refractivity contribution in [2.75, 3.05) is 13.2 Å². The van der Waals surface area contributed by atoms with Gasteiger partial charge in [0.1, 0.15) is 13.2 Å². The molecule has 386 valence electrons. The minimum Gasteiger partial charge on any atom is -0.462 e. The van der Waals surface area contributed by atoms with Gasteiger partial charge in [-0.05, 0) is 96.3 Å². The third-order valence-electron chi connectivity index (χ3n) is 11.6. The highest BCUT2D eigenvalue weighted by Gasteiger charge is 2.19. The first-order valence-electron chi connectivity index (χ1n) is 27.9. The molecule has 1 unspecified atom stereocenters. The largest absolute Gasteiger partial charge is 0.462 e. The lowest BCUT2D eigenvalue weighted by Gasteiger charge is -2.18. The molecule has 0 N–H and O–H groups in total. The van der Waals surface area contributed by atoms with Gasteiger partial charge in [-0.3, -0.25) is 14.4 Å². The SMILES string of the molecule is CC/C=C\C/C=C\C/C=C\CCCCCCCCCCCC(=O)OCC(COC(=O)CC/C=C\C/C=C\CCCCCCCC)OC(=O)CCCCCCC\C=C/C=C\C=C/C=C\CCCCC. The van der Waals surface area contributed by atoms with Gasteiger partial charge in [-0.2, -0.15) is 0 Å². The number of esters is 3. The Morgan fingerprint density at radius 2 is 0.662 bits per heavy atom. The van der Waals surface area contributed by atoms with E-state index in [0.29, 0.717) is 12.8 Å². The van der Waals surface area contributed by atoms with Crippen molar-refractivity contribution in [2.45, 2.75) is 252 Å². The zero-order chi connectivity index (χ0) is 49.3. The lowest BCUT2D eigenvalue weighted by Crippen LogP contribution is -2.30. The summed E-state index contributed by atoms with van der Waals surface area (Å²) < 4.78 is 16.8. The van der Waals surface area contributed by atoms with Gasteiger partial charge >= 0.3 is 17.9 Å². The normalized spacial score (nSPS) is 12.9. The molecule has 0 radical (unpaired) electrons. The molecule has 0 spiro atoms. The first-order valence-corrected chi connectivity index (χ1v) is 27.9. The van der Waals surface area contributed by atoms with Crippen LogP contribution in [0.5, 0.6) is 0 Å². The van der Waals surface area contributed by atoms with E-state index in [0.717, 1.165) is 103 Å². The number of carbonyl (C=O) groups is 3. The van der Waals surface area contributed by atoms with Crippen LogP contribution >= 0.6 is 0 Å². The van der Waals surface area contributed by atoms with Crippen molar-refractivity contribution >= 4 is 17.9 Å². The Balaban J connectivity index is 4.49. The molecule has 0 aromatic rings. The third kappa shape index (κ3) is 53.0. The number of ether oxygens (including phenoxy) is 3. The molecule has 0 amide bonds. The van der Waals surface area contributed by atoms with Crippen LogP contribution < -0.4 is 0 Å². The van der Waals surface area contributed by atoms with Crippen molar-refractivity contribution in [1.82, 2.24) is 0 Å². The molecular formula is C62H102O6. The molecular weight excluding hydrogens is 841 g/mol. The monoisotopic (exact) mass is 943 g/mol. The summed E-state index contributed by atoms with van der Waals surface area (Å²) in [7, 11) is 0. The molecule has 0 aromatic heterocycles. The minimum absolute atomic E-state index is 0.109. The Hall–Kier alpha value is -3.93. The summed E-state index contributed by atoms with van der Waals surface area (Å²) in [6.45, 7) is 6.40. The highest BCUT2D eigenvalue weighted by atomic mass is 16.6. The van der Waals surface area contributed by atoms with Gasteiger partial charge in [0, 0.05) is 19.3 Å². The smallest absolute Gasteiger partial charge is 0.306 e. The lowest BCUT2D eigenvalue weighted by atomic mass is 10.1. The van der Waals surface area contributed by atoms with Crippen LogP contribution in [0.4, 0.5) is 0 Å². The molecule has 0 rings (SSSR count). The van der Waals surface area contributed by atoms with Gasteiger partial charge in [0.15, 0.2) is 6.10 Å². The number of carbonyl (C=O) groups excluding carboxylic acids is 3. The van der Waals surface area contributed by atoms with E-state index < -0.39 is 6.10 Å². The zero-order valence-electron chi connectivity index (χ0n) is 44.1. The first-order chi connectivity index (χ1) is 33.5. The number of hydrogen-bond acceptors (Lipinski definition) is 6. The van der Waals surface area contributed by atoms with E-state index in [1.54, 1.807) is 0 Å². The topological polar surface area (TPSA) is 78.9 Å². The Labute approximate surface area is 419 Å². The van der Waals surface area contributed by atoms with Crippen LogP contribution in [-0.2, 0) is 28.6 Å². The first kappa shape index (κ1) is 64.1. The molecule has 0 aliphatic heterocycles. The van der Waals surface area contributed by atoms with Gasteiger partial charge in [-0.15, -0.1) is 0 Å².